The highest BCUT2D eigenvalue weighted by Gasteiger charge is 2.17. The summed E-state index contributed by atoms with van der Waals surface area (Å²) in [5, 5.41) is 11.2. The molecule has 0 bridgehead atoms. The first-order valence-corrected chi connectivity index (χ1v) is 7.63. The van der Waals surface area contributed by atoms with E-state index in [1.54, 1.807) is 24.4 Å². The number of nitro groups is 1. The molecule has 0 unspecified atom stereocenters. The van der Waals surface area contributed by atoms with Gasteiger partial charge in [0.15, 0.2) is 0 Å². The minimum atomic E-state index is -0.359. The second-order valence-electron chi connectivity index (χ2n) is 5.56. The van der Waals surface area contributed by atoms with Crippen molar-refractivity contribution in [2.45, 2.75) is 13.1 Å². The Morgan fingerprint density at radius 3 is 2.58 bits per heavy atom. The van der Waals surface area contributed by atoms with Crippen LogP contribution in [0, 0.1) is 10.1 Å². The predicted molar refractivity (Wildman–Crippen MR) is 93.0 cm³/mol. The van der Waals surface area contributed by atoms with Gasteiger partial charge in [-0.3, -0.25) is 10.1 Å². The molecule has 0 radical (unpaired) electrons. The van der Waals surface area contributed by atoms with Crippen molar-refractivity contribution in [3.63, 3.8) is 0 Å². The lowest BCUT2D eigenvalue weighted by Crippen LogP contribution is -2.20. The van der Waals surface area contributed by atoms with Gasteiger partial charge in [0.1, 0.15) is 11.5 Å². The minimum absolute atomic E-state index is 0.0983. The Labute approximate surface area is 140 Å². The van der Waals surface area contributed by atoms with Crippen molar-refractivity contribution in [1.29, 1.82) is 0 Å². The Bertz CT molecular complexity index is 830. The quantitative estimate of drug-likeness (QED) is 0.515. The third kappa shape index (κ3) is 3.43. The highest BCUT2D eigenvalue weighted by atomic mass is 16.6. The number of aromatic nitrogens is 2. The molecule has 0 aliphatic carbocycles. The number of anilines is 1. The molecule has 2 aromatic carbocycles. The molecule has 0 N–H and O–H groups in total. The van der Waals surface area contributed by atoms with Crippen LogP contribution in [0.4, 0.5) is 11.4 Å². The number of nitrogens with zero attached hydrogens (tertiary/aromatic N) is 4. The fraction of sp³-hybridized carbons (Fsp3) is 0.167. The van der Waals surface area contributed by atoms with Crippen LogP contribution in [0.5, 0.6) is 0 Å². The second kappa shape index (κ2) is 6.95. The number of benzene rings is 2. The molecular weight excluding hydrogens is 304 g/mol. The van der Waals surface area contributed by atoms with E-state index in [0.29, 0.717) is 12.2 Å². The third-order valence-corrected chi connectivity index (χ3v) is 3.87. The average Bonchev–Trinajstić information content (AvgIpc) is 3.02. The van der Waals surface area contributed by atoms with Gasteiger partial charge in [-0.05, 0) is 11.6 Å². The Balaban J connectivity index is 1.80. The maximum absolute atomic E-state index is 11.2. The van der Waals surface area contributed by atoms with E-state index in [4.69, 9.17) is 0 Å². The van der Waals surface area contributed by atoms with Crippen molar-refractivity contribution in [3.8, 4) is 0 Å². The molecule has 0 atom stereocenters. The highest BCUT2D eigenvalue weighted by Crippen LogP contribution is 2.27. The fourth-order valence-corrected chi connectivity index (χ4v) is 2.65. The zero-order valence-corrected chi connectivity index (χ0v) is 13.4. The van der Waals surface area contributed by atoms with Gasteiger partial charge in [0.25, 0.3) is 5.69 Å². The number of para-hydroxylation sites is 2. The highest BCUT2D eigenvalue weighted by molar-refractivity contribution is 5.62. The van der Waals surface area contributed by atoms with Crippen LogP contribution in [0.2, 0.25) is 0 Å². The smallest absolute Gasteiger partial charge is 0.292 e. The molecule has 1 aromatic heterocycles. The van der Waals surface area contributed by atoms with E-state index in [1.807, 2.05) is 36.3 Å². The molecule has 0 saturated carbocycles. The number of imidazole rings is 1. The van der Waals surface area contributed by atoms with Gasteiger partial charge in [-0.25, -0.2) is 4.98 Å². The molecule has 6 nitrogen and oxygen atoms in total. The van der Waals surface area contributed by atoms with Crippen LogP contribution in [-0.4, -0.2) is 21.5 Å². The summed E-state index contributed by atoms with van der Waals surface area (Å²) in [4.78, 5) is 17.1. The number of nitro benzene ring substituents is 1. The Morgan fingerprint density at radius 1 is 1.12 bits per heavy atom. The summed E-state index contributed by atoms with van der Waals surface area (Å²) in [6.45, 7) is 1.21. The fourth-order valence-electron chi connectivity index (χ4n) is 2.65. The van der Waals surface area contributed by atoms with Crippen molar-refractivity contribution in [3.05, 3.63) is 88.5 Å². The molecule has 0 fully saturated rings. The maximum atomic E-state index is 11.2. The second-order valence-corrected chi connectivity index (χ2v) is 5.56. The van der Waals surface area contributed by atoms with E-state index >= 15 is 0 Å². The van der Waals surface area contributed by atoms with Crippen LogP contribution < -0.4 is 4.90 Å². The number of rotatable bonds is 6. The Hall–Kier alpha value is -3.15. The molecule has 0 amide bonds. The zero-order valence-electron chi connectivity index (χ0n) is 13.4. The van der Waals surface area contributed by atoms with Crippen LogP contribution in [0.3, 0.4) is 0 Å². The first-order valence-electron chi connectivity index (χ1n) is 7.63. The van der Waals surface area contributed by atoms with Gasteiger partial charge in [0.05, 0.1) is 11.5 Å². The largest absolute Gasteiger partial charge is 0.362 e. The van der Waals surface area contributed by atoms with Crippen LogP contribution in [0.1, 0.15) is 11.4 Å². The Kier molecular flexibility index (Phi) is 4.56. The average molecular weight is 322 g/mol. The molecule has 24 heavy (non-hydrogen) atoms. The lowest BCUT2D eigenvalue weighted by atomic mass is 10.2. The molecule has 0 aliphatic rings. The summed E-state index contributed by atoms with van der Waals surface area (Å²) in [5.74, 6) is 0.861. The molecule has 1 heterocycles. The van der Waals surface area contributed by atoms with Crippen LogP contribution in [0.15, 0.2) is 67.0 Å². The van der Waals surface area contributed by atoms with Gasteiger partial charge >= 0.3 is 0 Å². The van der Waals surface area contributed by atoms with Gasteiger partial charge in [0, 0.05) is 32.1 Å². The summed E-state index contributed by atoms with van der Waals surface area (Å²) < 4.78 is 2.06. The minimum Gasteiger partial charge on any atom is -0.362 e. The van der Waals surface area contributed by atoms with Gasteiger partial charge in [-0.1, -0.05) is 42.5 Å². The summed E-state index contributed by atoms with van der Waals surface area (Å²) in [6, 6.07) is 16.9. The molecule has 0 spiro atoms. The molecular formula is C18H18N4O2. The molecule has 3 aromatic rings. The first kappa shape index (κ1) is 15.7. The van der Waals surface area contributed by atoms with Crippen LogP contribution in [-0.2, 0) is 13.1 Å². The van der Waals surface area contributed by atoms with E-state index in [0.717, 1.165) is 12.4 Å². The summed E-state index contributed by atoms with van der Waals surface area (Å²) in [7, 11) is 1.84. The van der Waals surface area contributed by atoms with E-state index in [1.165, 1.54) is 11.6 Å². The predicted octanol–water partition coefficient (Wildman–Crippen LogP) is 3.48. The van der Waals surface area contributed by atoms with Crippen LogP contribution in [0.25, 0.3) is 0 Å². The SMILES string of the molecule is CN(Cc1nccn1Cc1ccccc1)c1ccccc1[N+](=O)[O-]. The lowest BCUT2D eigenvalue weighted by molar-refractivity contribution is -0.384. The van der Waals surface area contributed by atoms with Crippen molar-refractivity contribution >= 4 is 11.4 Å². The molecule has 0 saturated heterocycles. The molecule has 0 aliphatic heterocycles. The van der Waals surface area contributed by atoms with Crippen molar-refractivity contribution in [1.82, 2.24) is 9.55 Å². The zero-order chi connectivity index (χ0) is 16.9. The summed E-state index contributed by atoms with van der Waals surface area (Å²) in [6.07, 6.45) is 3.68. The van der Waals surface area contributed by atoms with E-state index < -0.39 is 0 Å². The van der Waals surface area contributed by atoms with E-state index in [-0.39, 0.29) is 10.6 Å². The normalized spacial score (nSPS) is 10.5. The molecule has 3 rings (SSSR count). The van der Waals surface area contributed by atoms with Crippen LogP contribution >= 0.6 is 0 Å². The number of hydrogen-bond acceptors (Lipinski definition) is 4. The first-order chi connectivity index (χ1) is 11.6. The van der Waals surface area contributed by atoms with Crippen molar-refractivity contribution in [2.24, 2.45) is 0 Å². The number of hydrogen-bond donors (Lipinski definition) is 0. The Morgan fingerprint density at radius 2 is 1.83 bits per heavy atom. The monoisotopic (exact) mass is 322 g/mol. The summed E-state index contributed by atoms with van der Waals surface area (Å²) >= 11 is 0. The molecule has 6 heteroatoms. The standard InChI is InChI=1S/C18H18N4O2/c1-20(16-9-5-6-10-17(16)22(23)24)14-18-19-11-12-21(18)13-15-7-3-2-4-8-15/h2-12H,13-14H2,1H3. The third-order valence-electron chi connectivity index (χ3n) is 3.87. The molecule has 122 valence electrons. The van der Waals surface area contributed by atoms with Gasteiger partial charge < -0.3 is 9.47 Å². The van der Waals surface area contributed by atoms with E-state index in [2.05, 4.69) is 21.7 Å². The topological polar surface area (TPSA) is 64.2 Å². The lowest BCUT2D eigenvalue weighted by Gasteiger charge is -2.19. The van der Waals surface area contributed by atoms with Gasteiger partial charge in [-0.2, -0.15) is 0 Å². The van der Waals surface area contributed by atoms with E-state index in [9.17, 15) is 10.1 Å². The van der Waals surface area contributed by atoms with Gasteiger partial charge in [-0.15, -0.1) is 0 Å². The maximum Gasteiger partial charge on any atom is 0.292 e. The van der Waals surface area contributed by atoms with Crippen molar-refractivity contribution < 1.29 is 4.92 Å². The van der Waals surface area contributed by atoms with Gasteiger partial charge in [0.2, 0.25) is 0 Å². The summed E-state index contributed by atoms with van der Waals surface area (Å²) in [5.41, 5.74) is 1.86. The van der Waals surface area contributed by atoms with Crippen molar-refractivity contribution in [2.75, 3.05) is 11.9 Å².